The molecule has 2 saturated heterocycles. The van der Waals surface area contributed by atoms with Crippen molar-refractivity contribution < 1.29 is 9.66 Å². The molecular weight excluding hydrogens is 252 g/mol. The predicted octanol–water partition coefficient (Wildman–Crippen LogP) is 0.0380. The predicted molar refractivity (Wildman–Crippen MR) is 66.6 cm³/mol. The van der Waals surface area contributed by atoms with E-state index in [1.54, 1.807) is 0 Å². The number of ether oxygens (including phenoxy) is 1. The summed E-state index contributed by atoms with van der Waals surface area (Å²) in [5, 5.41) is 11.2. The SMILES string of the molecule is NNc1ncnc(N2CC3CCC(C2)O3)c1[N+](=O)[O-]. The number of rotatable bonds is 3. The zero-order valence-electron chi connectivity index (χ0n) is 10.2. The first-order valence-electron chi connectivity index (χ1n) is 6.05. The maximum atomic E-state index is 11.2. The van der Waals surface area contributed by atoms with Gasteiger partial charge in [-0.1, -0.05) is 0 Å². The van der Waals surface area contributed by atoms with Gasteiger partial charge in [-0.05, 0) is 12.8 Å². The third-order valence-electron chi connectivity index (χ3n) is 3.47. The summed E-state index contributed by atoms with van der Waals surface area (Å²) in [6.07, 6.45) is 3.50. The van der Waals surface area contributed by atoms with Crippen LogP contribution >= 0.6 is 0 Å². The number of hydrogen-bond acceptors (Lipinski definition) is 8. The van der Waals surface area contributed by atoms with Crippen molar-refractivity contribution in [3.63, 3.8) is 0 Å². The molecule has 1 aromatic heterocycles. The number of hydrogen-bond donors (Lipinski definition) is 2. The van der Waals surface area contributed by atoms with E-state index in [2.05, 4.69) is 15.4 Å². The third-order valence-corrected chi connectivity index (χ3v) is 3.47. The Morgan fingerprint density at radius 1 is 1.42 bits per heavy atom. The lowest BCUT2D eigenvalue weighted by atomic mass is 10.2. The number of nitrogens with zero attached hydrogens (tertiary/aromatic N) is 4. The lowest BCUT2D eigenvalue weighted by Gasteiger charge is -2.32. The van der Waals surface area contributed by atoms with Gasteiger partial charge in [-0.25, -0.2) is 15.8 Å². The summed E-state index contributed by atoms with van der Waals surface area (Å²) in [4.78, 5) is 20.4. The van der Waals surface area contributed by atoms with Gasteiger partial charge in [0.15, 0.2) is 0 Å². The van der Waals surface area contributed by atoms with Crippen molar-refractivity contribution >= 4 is 17.3 Å². The lowest BCUT2D eigenvalue weighted by Crippen LogP contribution is -2.43. The molecule has 0 aliphatic carbocycles. The molecule has 0 radical (unpaired) electrons. The van der Waals surface area contributed by atoms with Crippen LogP contribution in [0.25, 0.3) is 0 Å². The first-order valence-corrected chi connectivity index (χ1v) is 6.05. The highest BCUT2D eigenvalue weighted by Crippen LogP contribution is 2.35. The van der Waals surface area contributed by atoms with Crippen molar-refractivity contribution in [3.8, 4) is 0 Å². The van der Waals surface area contributed by atoms with E-state index in [1.165, 1.54) is 6.33 Å². The van der Waals surface area contributed by atoms with Crippen molar-refractivity contribution in [3.05, 3.63) is 16.4 Å². The highest BCUT2D eigenvalue weighted by atomic mass is 16.6. The second-order valence-corrected chi connectivity index (χ2v) is 4.66. The first-order chi connectivity index (χ1) is 9.19. The van der Waals surface area contributed by atoms with Crippen LogP contribution < -0.4 is 16.2 Å². The van der Waals surface area contributed by atoms with Crippen molar-refractivity contribution in [2.45, 2.75) is 25.0 Å². The van der Waals surface area contributed by atoms with Gasteiger partial charge in [-0.15, -0.1) is 0 Å². The van der Waals surface area contributed by atoms with Gasteiger partial charge in [-0.2, -0.15) is 0 Å². The molecule has 9 nitrogen and oxygen atoms in total. The number of nitrogen functional groups attached to an aromatic ring is 1. The van der Waals surface area contributed by atoms with Gasteiger partial charge in [0.05, 0.1) is 17.1 Å². The summed E-state index contributed by atoms with van der Waals surface area (Å²) in [7, 11) is 0. The lowest BCUT2D eigenvalue weighted by molar-refractivity contribution is -0.383. The molecule has 0 amide bonds. The quantitative estimate of drug-likeness (QED) is 0.447. The van der Waals surface area contributed by atoms with Gasteiger partial charge in [0.2, 0.25) is 11.6 Å². The molecule has 2 unspecified atom stereocenters. The third kappa shape index (κ3) is 2.06. The van der Waals surface area contributed by atoms with Crippen LogP contribution in [0.15, 0.2) is 6.33 Å². The number of anilines is 2. The summed E-state index contributed by atoms with van der Waals surface area (Å²) in [6.45, 7) is 1.22. The monoisotopic (exact) mass is 266 g/mol. The van der Waals surface area contributed by atoms with E-state index in [0.717, 1.165) is 12.8 Å². The van der Waals surface area contributed by atoms with Crippen LogP contribution in [0, 0.1) is 10.1 Å². The molecule has 0 saturated carbocycles. The summed E-state index contributed by atoms with van der Waals surface area (Å²) in [6, 6.07) is 0. The van der Waals surface area contributed by atoms with Crippen molar-refractivity contribution in [2.75, 3.05) is 23.4 Å². The fourth-order valence-electron chi connectivity index (χ4n) is 2.66. The van der Waals surface area contributed by atoms with Gasteiger partial charge in [0.1, 0.15) is 6.33 Å². The molecule has 2 fully saturated rings. The van der Waals surface area contributed by atoms with Crippen molar-refractivity contribution in [1.29, 1.82) is 0 Å². The number of nitrogens with two attached hydrogens (primary N) is 1. The van der Waals surface area contributed by atoms with E-state index in [9.17, 15) is 10.1 Å². The van der Waals surface area contributed by atoms with Crippen LogP contribution in [0.3, 0.4) is 0 Å². The standard InChI is InChI=1S/C10H14N6O3/c11-14-9-8(16(17)18)10(13-5-12-9)15-3-6-1-2-7(4-15)19-6/h5-7H,1-4,11H2,(H,12,13,14). The highest BCUT2D eigenvalue weighted by Gasteiger charge is 2.37. The molecule has 9 heteroatoms. The van der Waals surface area contributed by atoms with E-state index >= 15 is 0 Å². The molecule has 2 atom stereocenters. The summed E-state index contributed by atoms with van der Waals surface area (Å²) in [5.41, 5.74) is 2.06. The number of nitro groups is 1. The fraction of sp³-hybridized carbons (Fsp3) is 0.600. The van der Waals surface area contributed by atoms with E-state index in [1.807, 2.05) is 4.90 Å². The minimum absolute atomic E-state index is 0.0221. The minimum atomic E-state index is -0.512. The summed E-state index contributed by atoms with van der Waals surface area (Å²) >= 11 is 0. The number of aromatic nitrogens is 2. The van der Waals surface area contributed by atoms with E-state index in [-0.39, 0.29) is 23.7 Å². The molecule has 0 spiro atoms. The smallest absolute Gasteiger partial charge is 0.354 e. The molecule has 3 N–H and O–H groups in total. The van der Waals surface area contributed by atoms with E-state index < -0.39 is 4.92 Å². The Morgan fingerprint density at radius 2 is 2.11 bits per heavy atom. The largest absolute Gasteiger partial charge is 0.371 e. The molecule has 1 aromatic rings. The zero-order valence-corrected chi connectivity index (χ0v) is 10.2. The highest BCUT2D eigenvalue weighted by molar-refractivity contribution is 5.70. The van der Waals surface area contributed by atoms with Crippen molar-refractivity contribution in [1.82, 2.24) is 9.97 Å². The Bertz CT molecular complexity index is 498. The fourth-order valence-corrected chi connectivity index (χ4v) is 2.66. The average molecular weight is 266 g/mol. The molecule has 102 valence electrons. The Morgan fingerprint density at radius 3 is 2.68 bits per heavy atom. The molecule has 3 rings (SSSR count). The van der Waals surface area contributed by atoms with Crippen LogP contribution in [0.1, 0.15) is 12.8 Å². The minimum Gasteiger partial charge on any atom is -0.371 e. The molecule has 2 aliphatic rings. The molecule has 2 aliphatic heterocycles. The Labute approximate surface area is 108 Å². The maximum absolute atomic E-state index is 11.2. The molecule has 3 heterocycles. The molecule has 19 heavy (non-hydrogen) atoms. The maximum Gasteiger partial charge on any atom is 0.354 e. The Hall–Kier alpha value is -2.00. The number of nitrogens with one attached hydrogen (secondary N) is 1. The molecule has 0 aromatic carbocycles. The Kier molecular flexibility index (Phi) is 2.91. The van der Waals surface area contributed by atoms with Crippen LogP contribution in [-0.4, -0.2) is 40.2 Å². The second kappa shape index (κ2) is 4.59. The van der Waals surface area contributed by atoms with Gasteiger partial charge in [0.25, 0.3) is 0 Å². The van der Waals surface area contributed by atoms with Crippen LogP contribution in [-0.2, 0) is 4.74 Å². The second-order valence-electron chi connectivity index (χ2n) is 4.66. The summed E-state index contributed by atoms with van der Waals surface area (Å²) < 4.78 is 5.71. The van der Waals surface area contributed by atoms with Crippen molar-refractivity contribution in [2.24, 2.45) is 5.84 Å². The topological polar surface area (TPSA) is 119 Å². The van der Waals surface area contributed by atoms with Crippen LogP contribution in [0.5, 0.6) is 0 Å². The van der Waals surface area contributed by atoms with Gasteiger partial charge in [0, 0.05) is 13.1 Å². The first kappa shape index (κ1) is 12.1. The normalized spacial score (nSPS) is 25.4. The van der Waals surface area contributed by atoms with E-state index in [0.29, 0.717) is 18.9 Å². The average Bonchev–Trinajstić information content (AvgIpc) is 2.76. The Balaban J connectivity index is 1.98. The van der Waals surface area contributed by atoms with E-state index in [4.69, 9.17) is 10.6 Å². The number of hydrazine groups is 1. The van der Waals surface area contributed by atoms with Crippen LogP contribution in [0.2, 0.25) is 0 Å². The van der Waals surface area contributed by atoms with Gasteiger partial charge >= 0.3 is 5.69 Å². The molecular formula is C10H14N6O3. The van der Waals surface area contributed by atoms with Gasteiger partial charge < -0.3 is 15.1 Å². The van der Waals surface area contributed by atoms with Crippen LogP contribution in [0.4, 0.5) is 17.3 Å². The number of morpholine rings is 1. The molecule has 2 bridgehead atoms. The zero-order chi connectivity index (χ0) is 13.4. The number of fused-ring (bicyclic) bond motifs is 2. The van der Waals surface area contributed by atoms with Gasteiger partial charge in [-0.3, -0.25) is 10.1 Å². The summed E-state index contributed by atoms with van der Waals surface area (Å²) in [5.74, 6) is 5.59.